The Kier molecular flexibility index (Phi) is 6.32. The molecule has 3 N–H and O–H groups in total. The zero-order valence-electron chi connectivity index (χ0n) is 17.3. The van der Waals surface area contributed by atoms with Crippen LogP contribution >= 0.6 is 11.8 Å². The van der Waals surface area contributed by atoms with Crippen molar-refractivity contribution in [1.29, 1.82) is 0 Å². The van der Waals surface area contributed by atoms with Crippen LogP contribution in [0, 0.1) is 0 Å². The fourth-order valence-electron chi connectivity index (χ4n) is 3.10. The lowest BCUT2D eigenvalue weighted by molar-refractivity contribution is -0.115. The van der Waals surface area contributed by atoms with E-state index in [4.69, 9.17) is 5.73 Å². The quantitative estimate of drug-likeness (QED) is 0.418. The number of aromatic nitrogens is 3. The van der Waals surface area contributed by atoms with Crippen molar-refractivity contribution >= 4 is 29.3 Å². The first-order valence-corrected chi connectivity index (χ1v) is 10.8. The number of nitrogens with zero attached hydrogens (tertiary/aromatic N) is 3. The number of rotatable bonds is 7. The van der Waals surface area contributed by atoms with Gasteiger partial charge in [0.2, 0.25) is 11.8 Å². The van der Waals surface area contributed by atoms with Gasteiger partial charge in [0.05, 0.1) is 5.25 Å². The minimum atomic E-state index is -0.513. The zero-order chi connectivity index (χ0) is 22.5. The average Bonchev–Trinajstić information content (AvgIpc) is 3.24. The summed E-state index contributed by atoms with van der Waals surface area (Å²) in [7, 11) is 0. The summed E-state index contributed by atoms with van der Waals surface area (Å²) >= 11 is 1.32. The predicted octanol–water partition coefficient (Wildman–Crippen LogP) is 4.15. The number of nitrogens with one attached hydrogen (secondary N) is 1. The van der Waals surface area contributed by atoms with Crippen LogP contribution in [-0.2, 0) is 4.79 Å². The van der Waals surface area contributed by atoms with Gasteiger partial charge in [-0.1, -0.05) is 60.3 Å². The highest BCUT2D eigenvalue weighted by atomic mass is 32.2. The first-order chi connectivity index (χ1) is 15.5. The van der Waals surface area contributed by atoms with Crippen LogP contribution in [0.25, 0.3) is 17.1 Å². The third kappa shape index (κ3) is 4.70. The monoisotopic (exact) mass is 443 g/mol. The molecule has 1 aromatic heterocycles. The number of thioether (sulfide) groups is 1. The van der Waals surface area contributed by atoms with Gasteiger partial charge in [-0.2, -0.15) is 0 Å². The number of carbonyl (C=O) groups is 2. The highest BCUT2D eigenvalue weighted by Gasteiger charge is 2.22. The Hall–Kier alpha value is -3.91. The number of benzene rings is 3. The molecule has 7 nitrogen and oxygen atoms in total. The second-order valence-electron chi connectivity index (χ2n) is 7.03. The third-order valence-corrected chi connectivity index (χ3v) is 5.81. The molecule has 1 atom stereocenters. The molecule has 0 spiro atoms. The summed E-state index contributed by atoms with van der Waals surface area (Å²) < 4.78 is 1.95. The van der Waals surface area contributed by atoms with Crippen molar-refractivity contribution in [1.82, 2.24) is 14.8 Å². The second kappa shape index (κ2) is 9.49. The molecule has 0 bridgehead atoms. The van der Waals surface area contributed by atoms with Crippen molar-refractivity contribution in [3.63, 3.8) is 0 Å². The van der Waals surface area contributed by atoms with Gasteiger partial charge >= 0.3 is 0 Å². The van der Waals surface area contributed by atoms with E-state index in [0.29, 0.717) is 22.2 Å². The minimum absolute atomic E-state index is 0.189. The van der Waals surface area contributed by atoms with E-state index in [-0.39, 0.29) is 5.91 Å². The maximum absolute atomic E-state index is 12.8. The van der Waals surface area contributed by atoms with Gasteiger partial charge in [-0.25, -0.2) is 0 Å². The van der Waals surface area contributed by atoms with Crippen molar-refractivity contribution in [2.24, 2.45) is 5.73 Å². The van der Waals surface area contributed by atoms with E-state index in [1.54, 1.807) is 24.3 Å². The van der Waals surface area contributed by atoms with Crippen LogP contribution in [0.4, 0.5) is 5.69 Å². The molecule has 1 unspecified atom stereocenters. The van der Waals surface area contributed by atoms with Gasteiger partial charge in [-0.15, -0.1) is 10.2 Å². The Bertz CT molecular complexity index is 1220. The molecular weight excluding hydrogens is 422 g/mol. The highest BCUT2D eigenvalue weighted by Crippen LogP contribution is 2.30. The van der Waals surface area contributed by atoms with Crippen LogP contribution in [-0.4, -0.2) is 31.8 Å². The largest absolute Gasteiger partial charge is 0.366 e. The number of hydrogen-bond donors (Lipinski definition) is 2. The summed E-state index contributed by atoms with van der Waals surface area (Å²) in [5, 5.41) is 11.8. The van der Waals surface area contributed by atoms with E-state index in [1.807, 2.05) is 72.2 Å². The second-order valence-corrected chi connectivity index (χ2v) is 8.34. The van der Waals surface area contributed by atoms with Crippen LogP contribution in [0.5, 0.6) is 0 Å². The number of para-hydroxylation sites is 1. The Morgan fingerprint density at radius 3 is 2.16 bits per heavy atom. The van der Waals surface area contributed by atoms with Gasteiger partial charge in [0, 0.05) is 22.5 Å². The molecule has 2 amide bonds. The van der Waals surface area contributed by atoms with Gasteiger partial charge in [0.1, 0.15) is 0 Å². The lowest BCUT2D eigenvalue weighted by atomic mass is 10.2. The molecule has 0 saturated carbocycles. The number of nitrogens with two attached hydrogens (primary N) is 1. The Balaban J connectivity index is 1.57. The molecule has 0 saturated heterocycles. The van der Waals surface area contributed by atoms with Gasteiger partial charge in [-0.3, -0.25) is 14.2 Å². The van der Waals surface area contributed by atoms with Crippen LogP contribution in [0.2, 0.25) is 0 Å². The Labute approximate surface area is 189 Å². The van der Waals surface area contributed by atoms with Crippen molar-refractivity contribution in [3.8, 4) is 17.1 Å². The van der Waals surface area contributed by atoms with Crippen molar-refractivity contribution < 1.29 is 9.59 Å². The molecular formula is C24H21N5O2S. The lowest BCUT2D eigenvalue weighted by Gasteiger charge is -2.14. The third-order valence-electron chi connectivity index (χ3n) is 4.77. The topological polar surface area (TPSA) is 103 Å². The van der Waals surface area contributed by atoms with E-state index in [2.05, 4.69) is 15.5 Å². The number of amides is 2. The van der Waals surface area contributed by atoms with Gasteiger partial charge in [-0.05, 0) is 43.3 Å². The minimum Gasteiger partial charge on any atom is -0.366 e. The molecule has 0 fully saturated rings. The van der Waals surface area contributed by atoms with Crippen LogP contribution < -0.4 is 11.1 Å². The standard InChI is InChI=1S/C24H21N5O2S/c1-16(23(31)26-19-14-12-17(13-15-19)21(25)30)32-24-28-27-22(18-8-4-2-5-9-18)29(24)20-10-6-3-7-11-20/h2-16H,1H3,(H2,25,30)(H,26,31). The highest BCUT2D eigenvalue weighted by molar-refractivity contribution is 8.00. The van der Waals surface area contributed by atoms with Gasteiger partial charge in [0.25, 0.3) is 0 Å². The summed E-state index contributed by atoms with van der Waals surface area (Å²) in [6.45, 7) is 1.81. The number of primary amides is 1. The van der Waals surface area contributed by atoms with Crippen molar-refractivity contribution in [2.75, 3.05) is 5.32 Å². The van der Waals surface area contributed by atoms with Crippen molar-refractivity contribution in [2.45, 2.75) is 17.3 Å². The Morgan fingerprint density at radius 1 is 0.906 bits per heavy atom. The van der Waals surface area contributed by atoms with E-state index < -0.39 is 11.2 Å². The first-order valence-electron chi connectivity index (χ1n) is 9.96. The molecule has 4 rings (SSSR count). The fourth-order valence-corrected chi connectivity index (χ4v) is 3.97. The van der Waals surface area contributed by atoms with Crippen LogP contribution in [0.15, 0.2) is 90.1 Å². The summed E-state index contributed by atoms with van der Waals surface area (Å²) in [5.41, 5.74) is 8.07. The van der Waals surface area contributed by atoms with E-state index >= 15 is 0 Å². The Morgan fingerprint density at radius 2 is 1.53 bits per heavy atom. The average molecular weight is 444 g/mol. The number of hydrogen-bond acceptors (Lipinski definition) is 5. The number of anilines is 1. The first kappa shape index (κ1) is 21.3. The van der Waals surface area contributed by atoms with E-state index in [1.165, 1.54) is 11.8 Å². The molecule has 1 heterocycles. The summed E-state index contributed by atoms with van der Waals surface area (Å²) in [6, 6.07) is 26.1. The molecule has 4 aromatic rings. The lowest BCUT2D eigenvalue weighted by Crippen LogP contribution is -2.23. The summed E-state index contributed by atoms with van der Waals surface area (Å²) in [4.78, 5) is 24.0. The van der Waals surface area contributed by atoms with Crippen LogP contribution in [0.3, 0.4) is 0 Å². The summed E-state index contributed by atoms with van der Waals surface area (Å²) in [6.07, 6.45) is 0. The molecule has 32 heavy (non-hydrogen) atoms. The van der Waals surface area contributed by atoms with Gasteiger partial charge < -0.3 is 11.1 Å². The normalized spacial score (nSPS) is 11.7. The maximum Gasteiger partial charge on any atom is 0.248 e. The molecule has 0 aliphatic rings. The summed E-state index contributed by atoms with van der Waals surface area (Å²) in [5.74, 6) is 0.000847. The maximum atomic E-state index is 12.8. The predicted molar refractivity (Wildman–Crippen MR) is 126 cm³/mol. The van der Waals surface area contributed by atoms with E-state index in [0.717, 1.165) is 11.3 Å². The molecule has 0 radical (unpaired) electrons. The fraction of sp³-hybridized carbons (Fsp3) is 0.0833. The van der Waals surface area contributed by atoms with Crippen LogP contribution in [0.1, 0.15) is 17.3 Å². The van der Waals surface area contributed by atoms with Gasteiger partial charge in [0.15, 0.2) is 11.0 Å². The number of carbonyl (C=O) groups excluding carboxylic acids is 2. The smallest absolute Gasteiger partial charge is 0.248 e. The SMILES string of the molecule is CC(Sc1nnc(-c2ccccc2)n1-c1ccccc1)C(=O)Nc1ccc(C(N)=O)cc1. The molecule has 160 valence electrons. The molecule has 0 aliphatic heterocycles. The molecule has 3 aromatic carbocycles. The van der Waals surface area contributed by atoms with Crippen molar-refractivity contribution in [3.05, 3.63) is 90.5 Å². The molecule has 0 aliphatic carbocycles. The van der Waals surface area contributed by atoms with E-state index in [9.17, 15) is 9.59 Å². The zero-order valence-corrected chi connectivity index (χ0v) is 18.1. The molecule has 8 heteroatoms.